The van der Waals surface area contributed by atoms with Crippen molar-refractivity contribution in [3.63, 3.8) is 0 Å². The third-order valence-electron chi connectivity index (χ3n) is 5.42. The van der Waals surface area contributed by atoms with Crippen LogP contribution in [0.15, 0.2) is 83.5 Å². The molecule has 0 N–H and O–H groups in total. The Hall–Kier alpha value is -4.06. The van der Waals surface area contributed by atoms with Crippen LogP contribution in [0.4, 0.5) is 0 Å². The number of ether oxygens (including phenoxy) is 1. The molecule has 0 bridgehead atoms. The van der Waals surface area contributed by atoms with Crippen LogP contribution >= 0.6 is 0 Å². The van der Waals surface area contributed by atoms with Crippen LogP contribution in [-0.4, -0.2) is 0 Å². The number of aryl methyl sites for hydroxylation is 1. The van der Waals surface area contributed by atoms with E-state index in [-0.39, 0.29) is 11.1 Å². The third-order valence-corrected chi connectivity index (χ3v) is 5.42. The van der Waals surface area contributed by atoms with Crippen molar-refractivity contribution in [1.29, 1.82) is 0 Å². The van der Waals surface area contributed by atoms with Gasteiger partial charge in [0.1, 0.15) is 34.2 Å². The summed E-state index contributed by atoms with van der Waals surface area (Å²) in [6.45, 7) is 1.80. The second-order valence-electron chi connectivity index (χ2n) is 7.24. The highest BCUT2D eigenvalue weighted by molar-refractivity contribution is 5.90. The monoisotopic (exact) mass is 398 g/mol. The summed E-state index contributed by atoms with van der Waals surface area (Å²) >= 11 is 0. The van der Waals surface area contributed by atoms with Gasteiger partial charge in [-0.1, -0.05) is 24.3 Å². The number of para-hydroxylation sites is 2. The van der Waals surface area contributed by atoms with Crippen molar-refractivity contribution >= 4 is 21.9 Å². The van der Waals surface area contributed by atoms with Crippen molar-refractivity contribution in [3.05, 3.63) is 104 Å². The molecule has 0 unspecified atom stereocenters. The summed E-state index contributed by atoms with van der Waals surface area (Å²) in [6, 6.07) is 17.8. The largest absolute Gasteiger partial charge is 0.465 e. The fourth-order valence-electron chi connectivity index (χ4n) is 4.13. The highest BCUT2D eigenvalue weighted by Gasteiger charge is 2.39. The summed E-state index contributed by atoms with van der Waals surface area (Å²) in [5, 5.41) is 1.28. The van der Waals surface area contributed by atoms with Crippen LogP contribution < -0.4 is 16.0 Å². The number of furan rings is 1. The minimum Gasteiger partial charge on any atom is -0.465 e. The molecule has 0 radical (unpaired) electrons. The SMILES string of the molecule is Cc1ccc(C2c3c(c4ccccc4oc3=O)Oc3c2c(=O)oc2ccccc32)o1. The Morgan fingerprint density at radius 3 is 1.70 bits per heavy atom. The first kappa shape index (κ1) is 16.9. The summed E-state index contributed by atoms with van der Waals surface area (Å²) in [4.78, 5) is 26.1. The third kappa shape index (κ3) is 2.24. The van der Waals surface area contributed by atoms with Crippen LogP contribution in [0.3, 0.4) is 0 Å². The molecule has 0 atom stereocenters. The molecule has 0 amide bonds. The number of benzene rings is 2. The number of rotatable bonds is 1. The van der Waals surface area contributed by atoms with E-state index >= 15 is 0 Å². The molecule has 2 aromatic carbocycles. The summed E-state index contributed by atoms with van der Waals surface area (Å²) < 4.78 is 23.2. The zero-order valence-corrected chi connectivity index (χ0v) is 15.8. The van der Waals surface area contributed by atoms with E-state index in [1.807, 2.05) is 24.3 Å². The molecule has 30 heavy (non-hydrogen) atoms. The molecule has 4 heterocycles. The standard InChI is InChI=1S/C24H14O6/c1-12-10-11-17(27-12)18-19-21(13-6-2-4-8-15(13)28-23(19)25)30-22-14-7-3-5-9-16(14)29-24(26)20(18)22/h2-11,18H,1H3. The predicted molar refractivity (Wildman–Crippen MR) is 109 cm³/mol. The van der Waals surface area contributed by atoms with Crippen molar-refractivity contribution in [3.8, 4) is 11.5 Å². The van der Waals surface area contributed by atoms with Crippen molar-refractivity contribution in [1.82, 2.24) is 0 Å². The van der Waals surface area contributed by atoms with Crippen LogP contribution in [0.5, 0.6) is 11.5 Å². The van der Waals surface area contributed by atoms with Gasteiger partial charge in [-0.15, -0.1) is 0 Å². The molecular formula is C24H14O6. The maximum Gasteiger partial charge on any atom is 0.344 e. The molecular weight excluding hydrogens is 384 g/mol. The zero-order valence-electron chi connectivity index (χ0n) is 15.8. The lowest BCUT2D eigenvalue weighted by atomic mass is 9.86. The second kappa shape index (κ2) is 5.97. The second-order valence-corrected chi connectivity index (χ2v) is 7.24. The molecule has 0 spiro atoms. The van der Waals surface area contributed by atoms with E-state index < -0.39 is 17.2 Å². The fraction of sp³-hybridized carbons (Fsp3) is 0.0833. The van der Waals surface area contributed by atoms with Crippen molar-refractivity contribution in [2.75, 3.05) is 0 Å². The van der Waals surface area contributed by atoms with Gasteiger partial charge in [0.2, 0.25) is 0 Å². The van der Waals surface area contributed by atoms with Crippen LogP contribution in [0.25, 0.3) is 21.9 Å². The maximum atomic E-state index is 13.0. The van der Waals surface area contributed by atoms with E-state index in [1.165, 1.54) is 0 Å². The zero-order chi connectivity index (χ0) is 20.4. The topological polar surface area (TPSA) is 82.8 Å². The Kier molecular flexibility index (Phi) is 3.35. The van der Waals surface area contributed by atoms with Gasteiger partial charge in [0.05, 0.1) is 27.8 Å². The lowest BCUT2D eigenvalue weighted by molar-refractivity contribution is 0.405. The van der Waals surface area contributed by atoms with Crippen LogP contribution in [0.1, 0.15) is 28.6 Å². The molecule has 6 rings (SSSR count). The average Bonchev–Trinajstić information content (AvgIpc) is 3.18. The van der Waals surface area contributed by atoms with Crippen LogP contribution in [-0.2, 0) is 0 Å². The Bertz CT molecular complexity index is 1480. The Morgan fingerprint density at radius 2 is 1.20 bits per heavy atom. The number of hydrogen-bond donors (Lipinski definition) is 0. The fourth-order valence-corrected chi connectivity index (χ4v) is 4.13. The van der Waals surface area contributed by atoms with E-state index in [1.54, 1.807) is 43.3 Å². The number of fused-ring (bicyclic) bond motifs is 6. The molecule has 6 heteroatoms. The summed E-state index contributed by atoms with van der Waals surface area (Å²) in [5.74, 6) is 1.03. The molecule has 146 valence electrons. The summed E-state index contributed by atoms with van der Waals surface area (Å²) in [6.07, 6.45) is 0. The Morgan fingerprint density at radius 1 is 0.667 bits per heavy atom. The highest BCUT2D eigenvalue weighted by Crippen LogP contribution is 2.49. The molecule has 5 aromatic rings. The lowest BCUT2D eigenvalue weighted by Crippen LogP contribution is -2.25. The molecule has 0 fully saturated rings. The molecule has 0 saturated carbocycles. The summed E-state index contributed by atoms with van der Waals surface area (Å²) in [5.41, 5.74) is 0.0934. The predicted octanol–water partition coefficient (Wildman–Crippen LogP) is 5.09. The van der Waals surface area contributed by atoms with Gasteiger partial charge in [0.15, 0.2) is 0 Å². The van der Waals surface area contributed by atoms with E-state index in [0.29, 0.717) is 45.0 Å². The molecule has 6 nitrogen and oxygen atoms in total. The number of hydrogen-bond acceptors (Lipinski definition) is 6. The first-order valence-electron chi connectivity index (χ1n) is 9.47. The van der Waals surface area contributed by atoms with Gasteiger partial charge in [-0.05, 0) is 43.3 Å². The van der Waals surface area contributed by atoms with Crippen molar-refractivity contribution in [2.24, 2.45) is 0 Å². The van der Waals surface area contributed by atoms with Gasteiger partial charge in [-0.25, -0.2) is 9.59 Å². The van der Waals surface area contributed by atoms with E-state index in [4.69, 9.17) is 18.0 Å². The average molecular weight is 398 g/mol. The van der Waals surface area contributed by atoms with Crippen LogP contribution in [0, 0.1) is 6.92 Å². The minimum atomic E-state index is -0.806. The van der Waals surface area contributed by atoms with Crippen LogP contribution in [0.2, 0.25) is 0 Å². The van der Waals surface area contributed by atoms with Gasteiger partial charge >= 0.3 is 11.3 Å². The lowest BCUT2D eigenvalue weighted by Gasteiger charge is -2.26. The first-order chi connectivity index (χ1) is 14.6. The molecule has 1 aliphatic rings. The van der Waals surface area contributed by atoms with Gasteiger partial charge in [0, 0.05) is 0 Å². The minimum absolute atomic E-state index is 0.220. The van der Waals surface area contributed by atoms with Gasteiger partial charge in [-0.3, -0.25) is 0 Å². The van der Waals surface area contributed by atoms with Gasteiger partial charge < -0.3 is 18.0 Å². The normalized spacial score (nSPS) is 13.2. The van der Waals surface area contributed by atoms with E-state index in [0.717, 1.165) is 0 Å². The quantitative estimate of drug-likeness (QED) is 0.359. The Balaban J connectivity index is 1.80. The van der Waals surface area contributed by atoms with E-state index in [9.17, 15) is 9.59 Å². The van der Waals surface area contributed by atoms with E-state index in [2.05, 4.69) is 0 Å². The molecule has 1 aliphatic heterocycles. The smallest absolute Gasteiger partial charge is 0.344 e. The Labute approximate surface area is 168 Å². The van der Waals surface area contributed by atoms with Crippen molar-refractivity contribution in [2.45, 2.75) is 12.8 Å². The maximum absolute atomic E-state index is 13.0. The van der Waals surface area contributed by atoms with Gasteiger partial charge in [0.25, 0.3) is 0 Å². The van der Waals surface area contributed by atoms with Gasteiger partial charge in [-0.2, -0.15) is 0 Å². The molecule has 0 saturated heterocycles. The summed E-state index contributed by atoms with van der Waals surface area (Å²) in [7, 11) is 0. The first-order valence-corrected chi connectivity index (χ1v) is 9.47. The highest BCUT2D eigenvalue weighted by atomic mass is 16.5. The molecule has 3 aromatic heterocycles. The van der Waals surface area contributed by atoms with Crippen molar-refractivity contribution < 1.29 is 18.0 Å². The molecule has 0 aliphatic carbocycles.